The Balaban J connectivity index is 1.55. The SMILES string of the molecule is C=CCOc1cccc(C2C(C#N)=C(N)Oc3cc(OC(=O)COc4ccc(Cl)cc4Cl)ccc32)c1. The molecule has 0 radical (unpaired) electrons. The van der Waals surface area contributed by atoms with Gasteiger partial charge in [0.25, 0.3) is 0 Å². The smallest absolute Gasteiger partial charge is 0.349 e. The highest BCUT2D eigenvalue weighted by Gasteiger charge is 2.31. The molecule has 4 rings (SSSR count). The highest BCUT2D eigenvalue weighted by Crippen LogP contribution is 2.44. The van der Waals surface area contributed by atoms with Crippen LogP contribution < -0.4 is 24.7 Å². The van der Waals surface area contributed by atoms with Gasteiger partial charge in [0, 0.05) is 16.7 Å². The lowest BCUT2D eigenvalue weighted by molar-refractivity contribution is -0.136. The fraction of sp³-hybridized carbons (Fsp3) is 0.111. The van der Waals surface area contributed by atoms with Gasteiger partial charge in [0.15, 0.2) is 6.61 Å². The predicted molar refractivity (Wildman–Crippen MR) is 135 cm³/mol. The number of esters is 1. The number of nitrogens with two attached hydrogens (primary N) is 1. The second-order valence-electron chi connectivity index (χ2n) is 7.63. The maximum absolute atomic E-state index is 12.3. The van der Waals surface area contributed by atoms with E-state index < -0.39 is 11.9 Å². The fourth-order valence-corrected chi connectivity index (χ4v) is 4.13. The lowest BCUT2D eigenvalue weighted by Gasteiger charge is -2.27. The van der Waals surface area contributed by atoms with Crippen molar-refractivity contribution in [2.75, 3.05) is 13.2 Å². The first-order valence-corrected chi connectivity index (χ1v) is 11.5. The average molecular weight is 523 g/mol. The Morgan fingerprint density at radius 3 is 2.69 bits per heavy atom. The minimum absolute atomic E-state index is 0.0309. The second-order valence-corrected chi connectivity index (χ2v) is 8.48. The number of benzene rings is 3. The van der Waals surface area contributed by atoms with Gasteiger partial charge < -0.3 is 24.7 Å². The summed E-state index contributed by atoms with van der Waals surface area (Å²) in [5.41, 5.74) is 7.82. The molecule has 0 fully saturated rings. The second kappa shape index (κ2) is 11.1. The van der Waals surface area contributed by atoms with Gasteiger partial charge >= 0.3 is 5.97 Å². The standard InChI is InChI=1S/C27H20Cl2N2O5/c1-2-10-33-18-5-3-4-16(11-18)26-20-8-7-19(13-24(20)36-27(31)21(26)14-30)35-25(32)15-34-23-9-6-17(28)12-22(23)29/h2-9,11-13,26H,1,10,15,31H2. The minimum Gasteiger partial charge on any atom is -0.490 e. The maximum Gasteiger partial charge on any atom is 0.349 e. The number of carbonyl (C=O) groups excluding carboxylic acids is 1. The molecule has 0 amide bonds. The number of halogens is 2. The number of carbonyl (C=O) groups is 1. The van der Waals surface area contributed by atoms with Crippen molar-refractivity contribution in [1.29, 1.82) is 5.26 Å². The Bertz CT molecular complexity index is 1400. The summed E-state index contributed by atoms with van der Waals surface area (Å²) >= 11 is 11.9. The molecular formula is C27H20Cl2N2O5. The Kier molecular flexibility index (Phi) is 7.69. The van der Waals surface area contributed by atoms with E-state index in [1.807, 2.05) is 24.3 Å². The molecule has 3 aromatic rings. The summed E-state index contributed by atoms with van der Waals surface area (Å²) in [4.78, 5) is 12.3. The molecule has 0 spiro atoms. The summed E-state index contributed by atoms with van der Waals surface area (Å²) in [5.74, 6) is 0.336. The summed E-state index contributed by atoms with van der Waals surface area (Å²) < 4.78 is 22.2. The van der Waals surface area contributed by atoms with Gasteiger partial charge in [-0.1, -0.05) is 54.1 Å². The van der Waals surface area contributed by atoms with Crippen LogP contribution in [0.4, 0.5) is 0 Å². The number of ether oxygens (including phenoxy) is 4. The van der Waals surface area contributed by atoms with Crippen molar-refractivity contribution in [2.24, 2.45) is 5.73 Å². The third kappa shape index (κ3) is 5.57. The zero-order chi connectivity index (χ0) is 25.7. The highest BCUT2D eigenvalue weighted by molar-refractivity contribution is 6.35. The van der Waals surface area contributed by atoms with Crippen molar-refractivity contribution in [2.45, 2.75) is 5.92 Å². The minimum atomic E-state index is -0.651. The number of fused-ring (bicyclic) bond motifs is 1. The molecule has 1 unspecified atom stereocenters. The molecule has 0 bridgehead atoms. The Morgan fingerprint density at radius 1 is 1.11 bits per heavy atom. The van der Waals surface area contributed by atoms with Crippen LogP contribution in [0.1, 0.15) is 17.0 Å². The number of rotatable bonds is 8. The van der Waals surface area contributed by atoms with E-state index in [2.05, 4.69) is 12.6 Å². The van der Waals surface area contributed by atoms with Gasteiger partial charge in [0.2, 0.25) is 5.88 Å². The highest BCUT2D eigenvalue weighted by atomic mass is 35.5. The van der Waals surface area contributed by atoms with Crippen molar-refractivity contribution < 1.29 is 23.7 Å². The molecule has 1 atom stereocenters. The summed E-state index contributed by atoms with van der Waals surface area (Å²) in [6.07, 6.45) is 1.65. The molecule has 0 aliphatic carbocycles. The molecule has 1 aliphatic heterocycles. The fourth-order valence-electron chi connectivity index (χ4n) is 3.67. The zero-order valence-corrected chi connectivity index (χ0v) is 20.4. The van der Waals surface area contributed by atoms with E-state index in [0.29, 0.717) is 34.4 Å². The first kappa shape index (κ1) is 25.0. The molecule has 0 saturated heterocycles. The Hall–Kier alpha value is -4.12. The Labute approximate surface area is 217 Å². The molecule has 1 aliphatic rings. The quantitative estimate of drug-likeness (QED) is 0.227. The van der Waals surface area contributed by atoms with Crippen molar-refractivity contribution in [3.63, 3.8) is 0 Å². The largest absolute Gasteiger partial charge is 0.490 e. The number of hydrogen-bond acceptors (Lipinski definition) is 7. The number of hydrogen-bond donors (Lipinski definition) is 1. The van der Waals surface area contributed by atoms with Crippen molar-refractivity contribution in [1.82, 2.24) is 0 Å². The molecule has 0 aromatic heterocycles. The van der Waals surface area contributed by atoms with E-state index in [9.17, 15) is 10.1 Å². The lowest BCUT2D eigenvalue weighted by Crippen LogP contribution is -2.21. The molecule has 0 saturated carbocycles. The van der Waals surface area contributed by atoms with Gasteiger partial charge in [-0.2, -0.15) is 5.26 Å². The predicted octanol–water partition coefficient (Wildman–Crippen LogP) is 5.76. The van der Waals surface area contributed by atoms with Crippen LogP contribution in [0.15, 0.2) is 84.8 Å². The summed E-state index contributed by atoms with van der Waals surface area (Å²) in [6, 6.07) is 19.0. The van der Waals surface area contributed by atoms with Crippen LogP contribution in [0.25, 0.3) is 0 Å². The third-order valence-corrected chi connectivity index (χ3v) is 5.75. The third-order valence-electron chi connectivity index (χ3n) is 5.22. The molecule has 9 heteroatoms. The molecule has 2 N–H and O–H groups in total. The average Bonchev–Trinajstić information content (AvgIpc) is 2.86. The monoisotopic (exact) mass is 522 g/mol. The van der Waals surface area contributed by atoms with Crippen LogP contribution in [-0.4, -0.2) is 19.2 Å². The Morgan fingerprint density at radius 2 is 1.94 bits per heavy atom. The van der Waals surface area contributed by atoms with Gasteiger partial charge in [0.1, 0.15) is 41.2 Å². The topological polar surface area (TPSA) is 104 Å². The van der Waals surface area contributed by atoms with Gasteiger partial charge in [-0.25, -0.2) is 4.79 Å². The van der Waals surface area contributed by atoms with Gasteiger partial charge in [0.05, 0.1) is 10.9 Å². The van der Waals surface area contributed by atoms with Crippen molar-refractivity contribution >= 4 is 29.2 Å². The van der Waals surface area contributed by atoms with Gasteiger partial charge in [-0.15, -0.1) is 0 Å². The summed E-state index contributed by atoms with van der Waals surface area (Å²) in [5, 5.41) is 10.5. The van der Waals surface area contributed by atoms with Gasteiger partial charge in [-0.3, -0.25) is 0 Å². The van der Waals surface area contributed by atoms with Crippen LogP contribution in [0.2, 0.25) is 10.0 Å². The van der Waals surface area contributed by atoms with Crippen molar-refractivity contribution in [3.05, 3.63) is 106 Å². The van der Waals surface area contributed by atoms with E-state index >= 15 is 0 Å². The van der Waals surface area contributed by atoms with Crippen LogP contribution >= 0.6 is 23.2 Å². The molecule has 1 heterocycles. The normalized spacial score (nSPS) is 14.2. The summed E-state index contributed by atoms with van der Waals surface area (Å²) in [6.45, 7) is 3.62. The first-order valence-electron chi connectivity index (χ1n) is 10.7. The first-order chi connectivity index (χ1) is 17.4. The van der Waals surface area contributed by atoms with Crippen LogP contribution in [0.5, 0.6) is 23.0 Å². The molecule has 36 heavy (non-hydrogen) atoms. The summed E-state index contributed by atoms with van der Waals surface area (Å²) in [7, 11) is 0. The van der Waals surface area contributed by atoms with E-state index in [0.717, 1.165) is 5.56 Å². The van der Waals surface area contributed by atoms with E-state index in [-0.39, 0.29) is 28.8 Å². The zero-order valence-electron chi connectivity index (χ0n) is 18.9. The van der Waals surface area contributed by atoms with E-state index in [4.69, 9.17) is 47.9 Å². The van der Waals surface area contributed by atoms with Crippen molar-refractivity contribution in [3.8, 4) is 29.1 Å². The molecule has 3 aromatic carbocycles. The van der Waals surface area contributed by atoms with Gasteiger partial charge in [-0.05, 0) is 42.0 Å². The molecule has 182 valence electrons. The molecule has 7 nitrogen and oxygen atoms in total. The van der Waals surface area contributed by atoms with Crippen LogP contribution in [0.3, 0.4) is 0 Å². The maximum atomic E-state index is 12.3. The number of allylic oxidation sites excluding steroid dienone is 1. The van der Waals surface area contributed by atoms with Crippen LogP contribution in [0, 0.1) is 11.3 Å². The lowest BCUT2D eigenvalue weighted by atomic mass is 9.83. The van der Waals surface area contributed by atoms with E-state index in [1.165, 1.54) is 12.1 Å². The molecular weight excluding hydrogens is 503 g/mol. The number of nitrogens with zero attached hydrogens (tertiary/aromatic N) is 1. The van der Waals surface area contributed by atoms with Crippen LogP contribution in [-0.2, 0) is 4.79 Å². The number of nitriles is 1. The van der Waals surface area contributed by atoms with E-state index in [1.54, 1.807) is 30.3 Å².